The molecule has 2 N–H and O–H groups in total. The fourth-order valence-corrected chi connectivity index (χ4v) is 3.94. The van der Waals surface area contributed by atoms with E-state index in [1.54, 1.807) is 0 Å². The monoisotopic (exact) mass is 418 g/mol. The smallest absolute Gasteiger partial charge is 0.266 e. The molecule has 154 valence electrons. The van der Waals surface area contributed by atoms with Crippen molar-refractivity contribution in [3.8, 4) is 0 Å². The van der Waals surface area contributed by atoms with Gasteiger partial charge in [0.2, 0.25) is 5.91 Å². The number of anilines is 1. The first-order chi connectivity index (χ1) is 13.9. The number of carbonyl (C=O) groups excluding carboxylic acids is 2. The Balaban J connectivity index is 1.61. The second kappa shape index (κ2) is 9.69. The average molecular weight is 418 g/mol. The molecule has 1 aliphatic rings. The Hall–Kier alpha value is -2.68. The first-order valence-corrected chi connectivity index (χ1v) is 10.5. The first-order valence-electron chi connectivity index (χ1n) is 9.49. The third-order valence-corrected chi connectivity index (χ3v) is 5.82. The lowest BCUT2D eigenvalue weighted by Crippen LogP contribution is -2.37. The summed E-state index contributed by atoms with van der Waals surface area (Å²) in [6.45, 7) is 0. The molecule has 29 heavy (non-hydrogen) atoms. The lowest BCUT2D eigenvalue weighted by molar-refractivity contribution is -0.119. The minimum absolute atomic E-state index is 0.0886. The normalized spacial score (nSPS) is 14.4. The summed E-state index contributed by atoms with van der Waals surface area (Å²) in [7, 11) is 1.51. The first kappa shape index (κ1) is 21.0. The molecule has 0 spiro atoms. The molecule has 1 aliphatic carbocycles. The van der Waals surface area contributed by atoms with Gasteiger partial charge in [0.05, 0.1) is 5.75 Å². The van der Waals surface area contributed by atoms with Gasteiger partial charge in [0.1, 0.15) is 11.4 Å². The summed E-state index contributed by atoms with van der Waals surface area (Å²) >= 11 is 1.15. The molecule has 1 heterocycles. The predicted molar refractivity (Wildman–Crippen MR) is 110 cm³/mol. The van der Waals surface area contributed by atoms with Crippen LogP contribution in [-0.2, 0) is 11.8 Å². The van der Waals surface area contributed by atoms with Gasteiger partial charge in [-0.25, -0.2) is 9.37 Å². The summed E-state index contributed by atoms with van der Waals surface area (Å²) in [5.41, 5.74) is -0.279. The van der Waals surface area contributed by atoms with E-state index in [0.717, 1.165) is 37.4 Å². The number of benzene rings is 1. The minimum Gasteiger partial charge on any atom is -0.353 e. The fourth-order valence-electron chi connectivity index (χ4n) is 3.20. The zero-order chi connectivity index (χ0) is 20.8. The quantitative estimate of drug-likeness (QED) is 0.556. The Kier molecular flexibility index (Phi) is 7.03. The lowest BCUT2D eigenvalue weighted by atomic mass is 9.95. The van der Waals surface area contributed by atoms with Crippen molar-refractivity contribution in [1.29, 1.82) is 0 Å². The zero-order valence-corrected chi connectivity index (χ0v) is 16.9. The number of thioether (sulfide) groups is 1. The molecule has 7 nitrogen and oxygen atoms in total. The van der Waals surface area contributed by atoms with Gasteiger partial charge < -0.3 is 10.6 Å². The van der Waals surface area contributed by atoms with Gasteiger partial charge in [-0.15, -0.1) is 0 Å². The molecule has 0 unspecified atom stereocenters. The third kappa shape index (κ3) is 5.66. The topological polar surface area (TPSA) is 93.1 Å². The molecule has 1 fully saturated rings. The number of nitrogens with zero attached hydrogens (tertiary/aromatic N) is 2. The molecule has 1 saturated carbocycles. The van der Waals surface area contributed by atoms with E-state index in [1.807, 2.05) is 0 Å². The average Bonchev–Trinajstić information content (AvgIpc) is 2.71. The fraction of sp³-hybridized carbons (Fsp3) is 0.400. The van der Waals surface area contributed by atoms with Crippen molar-refractivity contribution in [3.05, 3.63) is 52.2 Å². The Bertz CT molecular complexity index is 940. The minimum atomic E-state index is -0.628. The van der Waals surface area contributed by atoms with Crippen LogP contribution in [0.4, 0.5) is 10.1 Å². The van der Waals surface area contributed by atoms with E-state index >= 15 is 0 Å². The van der Waals surface area contributed by atoms with E-state index in [0.29, 0.717) is 10.8 Å². The maximum Gasteiger partial charge on any atom is 0.266 e. The van der Waals surface area contributed by atoms with Crippen LogP contribution >= 0.6 is 11.8 Å². The van der Waals surface area contributed by atoms with Crippen LogP contribution in [0.2, 0.25) is 0 Å². The maximum atomic E-state index is 13.0. The molecule has 3 rings (SSSR count). The maximum absolute atomic E-state index is 13.0. The molecular weight excluding hydrogens is 395 g/mol. The molecule has 0 radical (unpaired) electrons. The predicted octanol–water partition coefficient (Wildman–Crippen LogP) is 2.71. The summed E-state index contributed by atoms with van der Waals surface area (Å²) < 4.78 is 14.2. The Morgan fingerprint density at radius 2 is 1.90 bits per heavy atom. The van der Waals surface area contributed by atoms with Crippen LogP contribution in [0.15, 0.2) is 40.4 Å². The van der Waals surface area contributed by atoms with Crippen molar-refractivity contribution in [2.24, 2.45) is 7.05 Å². The van der Waals surface area contributed by atoms with Crippen molar-refractivity contribution in [2.45, 2.75) is 43.3 Å². The number of hydrogen-bond donors (Lipinski definition) is 2. The number of carbonyl (C=O) groups is 2. The van der Waals surface area contributed by atoms with E-state index in [9.17, 15) is 18.8 Å². The highest BCUT2D eigenvalue weighted by Crippen LogP contribution is 2.18. The van der Waals surface area contributed by atoms with E-state index in [1.165, 1.54) is 48.5 Å². The Morgan fingerprint density at radius 3 is 2.59 bits per heavy atom. The number of nitrogens with one attached hydrogen (secondary N) is 2. The van der Waals surface area contributed by atoms with Crippen molar-refractivity contribution in [2.75, 3.05) is 11.1 Å². The molecule has 0 aliphatic heterocycles. The van der Waals surface area contributed by atoms with Crippen LogP contribution in [0.1, 0.15) is 42.5 Å². The van der Waals surface area contributed by atoms with Crippen LogP contribution in [0.3, 0.4) is 0 Å². The van der Waals surface area contributed by atoms with Crippen molar-refractivity contribution < 1.29 is 14.0 Å². The summed E-state index contributed by atoms with van der Waals surface area (Å²) in [6.07, 6.45) is 6.69. The van der Waals surface area contributed by atoms with E-state index in [-0.39, 0.29) is 23.3 Å². The number of amides is 2. The number of hydrogen-bond acceptors (Lipinski definition) is 5. The van der Waals surface area contributed by atoms with E-state index in [2.05, 4.69) is 15.6 Å². The van der Waals surface area contributed by atoms with E-state index < -0.39 is 17.3 Å². The third-order valence-electron chi connectivity index (χ3n) is 4.78. The highest BCUT2D eigenvalue weighted by atomic mass is 32.2. The van der Waals surface area contributed by atoms with E-state index in [4.69, 9.17) is 0 Å². The largest absolute Gasteiger partial charge is 0.353 e. The molecule has 2 aromatic rings. The highest BCUT2D eigenvalue weighted by molar-refractivity contribution is 7.99. The van der Waals surface area contributed by atoms with Gasteiger partial charge in [0.25, 0.3) is 11.5 Å². The van der Waals surface area contributed by atoms with Crippen LogP contribution in [0.25, 0.3) is 0 Å². The molecule has 0 atom stereocenters. The second-order valence-electron chi connectivity index (χ2n) is 6.97. The summed E-state index contributed by atoms with van der Waals surface area (Å²) in [4.78, 5) is 41.2. The lowest BCUT2D eigenvalue weighted by Gasteiger charge is -2.22. The van der Waals surface area contributed by atoms with Gasteiger partial charge in [-0.2, -0.15) is 0 Å². The number of halogens is 1. The van der Waals surface area contributed by atoms with Gasteiger partial charge >= 0.3 is 0 Å². The van der Waals surface area contributed by atoms with Crippen LogP contribution in [-0.4, -0.2) is 33.2 Å². The standard InChI is InChI=1S/C20H23FN4O3S/c1-25-19(28)16(18(27)24-15-9-7-13(21)8-10-15)11-22-20(25)29-12-17(26)23-14-5-3-2-4-6-14/h7-11,14H,2-6,12H2,1H3,(H,23,26)(H,24,27). The van der Waals surface area contributed by atoms with Crippen molar-refractivity contribution in [3.63, 3.8) is 0 Å². The zero-order valence-electron chi connectivity index (χ0n) is 16.1. The van der Waals surface area contributed by atoms with Gasteiger partial charge in [-0.1, -0.05) is 31.0 Å². The summed E-state index contributed by atoms with van der Waals surface area (Å²) in [5.74, 6) is -0.988. The Morgan fingerprint density at radius 1 is 1.21 bits per heavy atom. The molecular formula is C20H23FN4O3S. The van der Waals surface area contributed by atoms with Gasteiger partial charge in [0, 0.05) is 25.0 Å². The molecule has 9 heteroatoms. The summed E-state index contributed by atoms with van der Waals surface area (Å²) in [5, 5.41) is 5.91. The van der Waals surface area contributed by atoms with Crippen LogP contribution in [0.5, 0.6) is 0 Å². The molecule has 0 saturated heterocycles. The molecule has 2 amide bonds. The number of rotatable bonds is 6. The number of aromatic nitrogens is 2. The van der Waals surface area contributed by atoms with Gasteiger partial charge in [0.15, 0.2) is 5.16 Å². The van der Waals surface area contributed by atoms with Crippen LogP contribution < -0.4 is 16.2 Å². The van der Waals surface area contributed by atoms with Gasteiger partial charge in [-0.3, -0.25) is 19.0 Å². The van der Waals surface area contributed by atoms with Crippen molar-refractivity contribution in [1.82, 2.24) is 14.9 Å². The SMILES string of the molecule is Cn1c(SCC(=O)NC2CCCCC2)ncc(C(=O)Nc2ccc(F)cc2)c1=O. The molecule has 1 aromatic carbocycles. The Labute approximate surface area is 172 Å². The van der Waals surface area contributed by atoms with Crippen molar-refractivity contribution >= 4 is 29.3 Å². The van der Waals surface area contributed by atoms with Gasteiger partial charge in [-0.05, 0) is 37.1 Å². The highest BCUT2D eigenvalue weighted by Gasteiger charge is 2.18. The molecule has 1 aromatic heterocycles. The van der Waals surface area contributed by atoms with Crippen LogP contribution in [0, 0.1) is 5.82 Å². The molecule has 0 bridgehead atoms. The summed E-state index contributed by atoms with van der Waals surface area (Å²) in [6, 6.07) is 5.46. The second-order valence-corrected chi connectivity index (χ2v) is 7.91.